The third-order valence-electron chi connectivity index (χ3n) is 5.06. The molecule has 1 unspecified atom stereocenters. The summed E-state index contributed by atoms with van der Waals surface area (Å²) in [5.74, 6) is -0.147. The van der Waals surface area contributed by atoms with Gasteiger partial charge in [0, 0.05) is 24.3 Å². The standard InChI is InChI=1S/C21H23F3N2O3S/c1-15-5-4-10-26(14-15)30(28,29)19-9-2-6-16(11-19)20(27)13-25-18-8-3-7-17(12-18)21(22,23)24/h2-3,6-9,11-12,15,25H,4-5,10,13-14H2,1H3. The van der Waals surface area contributed by atoms with Crippen LogP contribution in [0.5, 0.6) is 0 Å². The number of sulfonamides is 1. The maximum absolute atomic E-state index is 12.9. The van der Waals surface area contributed by atoms with Crippen LogP contribution in [-0.2, 0) is 16.2 Å². The zero-order valence-corrected chi connectivity index (χ0v) is 17.3. The number of hydrogen-bond acceptors (Lipinski definition) is 4. The molecule has 2 aromatic carbocycles. The Morgan fingerprint density at radius 1 is 1.17 bits per heavy atom. The first kappa shape index (κ1) is 22.3. The highest BCUT2D eigenvalue weighted by molar-refractivity contribution is 7.89. The number of nitrogens with one attached hydrogen (secondary N) is 1. The van der Waals surface area contributed by atoms with Crippen LogP contribution in [-0.4, -0.2) is 38.1 Å². The fourth-order valence-electron chi connectivity index (χ4n) is 3.43. The highest BCUT2D eigenvalue weighted by atomic mass is 32.2. The van der Waals surface area contributed by atoms with E-state index in [1.807, 2.05) is 6.92 Å². The van der Waals surface area contributed by atoms with Crippen molar-refractivity contribution >= 4 is 21.5 Å². The first-order valence-corrected chi connectivity index (χ1v) is 11.1. The maximum Gasteiger partial charge on any atom is 0.416 e. The minimum absolute atomic E-state index is 0.0431. The van der Waals surface area contributed by atoms with Gasteiger partial charge in [-0.25, -0.2) is 8.42 Å². The Kier molecular flexibility index (Phi) is 6.52. The Labute approximate surface area is 173 Å². The molecular formula is C21H23F3N2O3S. The van der Waals surface area contributed by atoms with Crippen molar-refractivity contribution in [2.45, 2.75) is 30.8 Å². The molecule has 0 aliphatic carbocycles. The predicted octanol–water partition coefficient (Wildman–Crippen LogP) is 4.42. The topological polar surface area (TPSA) is 66.5 Å². The minimum Gasteiger partial charge on any atom is -0.378 e. The molecule has 5 nitrogen and oxygen atoms in total. The Morgan fingerprint density at radius 3 is 2.60 bits per heavy atom. The lowest BCUT2D eigenvalue weighted by Gasteiger charge is -2.30. The summed E-state index contributed by atoms with van der Waals surface area (Å²) in [5, 5.41) is 2.67. The number of ketones is 1. The molecule has 3 rings (SSSR count). The molecule has 1 heterocycles. The van der Waals surface area contributed by atoms with Gasteiger partial charge in [0.1, 0.15) is 0 Å². The van der Waals surface area contributed by atoms with Gasteiger partial charge in [-0.2, -0.15) is 17.5 Å². The number of anilines is 1. The van der Waals surface area contributed by atoms with Gasteiger partial charge in [-0.15, -0.1) is 0 Å². The lowest BCUT2D eigenvalue weighted by Crippen LogP contribution is -2.39. The number of piperidine rings is 1. The number of nitrogens with zero attached hydrogens (tertiary/aromatic N) is 1. The molecule has 9 heteroatoms. The normalized spacial score (nSPS) is 18.2. The molecule has 1 aliphatic heterocycles. The fourth-order valence-corrected chi connectivity index (χ4v) is 5.08. The zero-order valence-electron chi connectivity index (χ0n) is 16.4. The average Bonchev–Trinajstić information content (AvgIpc) is 2.71. The van der Waals surface area contributed by atoms with Gasteiger partial charge in [-0.3, -0.25) is 4.79 Å². The van der Waals surface area contributed by atoms with Gasteiger partial charge < -0.3 is 5.32 Å². The molecule has 30 heavy (non-hydrogen) atoms. The van der Waals surface area contributed by atoms with E-state index in [4.69, 9.17) is 0 Å². The van der Waals surface area contributed by atoms with Crippen molar-refractivity contribution in [3.63, 3.8) is 0 Å². The molecule has 0 saturated carbocycles. The van der Waals surface area contributed by atoms with Gasteiger partial charge in [-0.05, 0) is 49.1 Å². The molecule has 1 fully saturated rings. The summed E-state index contributed by atoms with van der Waals surface area (Å²) in [6, 6.07) is 10.3. The Morgan fingerprint density at radius 2 is 1.90 bits per heavy atom. The van der Waals surface area contributed by atoms with E-state index in [1.165, 1.54) is 40.7 Å². The second kappa shape index (κ2) is 8.77. The van der Waals surface area contributed by atoms with E-state index in [2.05, 4.69) is 5.32 Å². The van der Waals surface area contributed by atoms with Gasteiger partial charge >= 0.3 is 6.18 Å². The SMILES string of the molecule is CC1CCCN(S(=O)(=O)c2cccc(C(=O)CNc3cccc(C(F)(F)F)c3)c2)C1. The molecule has 1 aliphatic rings. The van der Waals surface area contributed by atoms with Crippen LogP contribution in [0.3, 0.4) is 0 Å². The van der Waals surface area contributed by atoms with Crippen LogP contribution in [0.4, 0.5) is 18.9 Å². The molecule has 0 bridgehead atoms. The van der Waals surface area contributed by atoms with Crippen LogP contribution in [0.1, 0.15) is 35.7 Å². The molecule has 0 amide bonds. The number of rotatable bonds is 6. The van der Waals surface area contributed by atoms with Gasteiger partial charge in [0.2, 0.25) is 10.0 Å². The Balaban J connectivity index is 1.72. The molecule has 1 N–H and O–H groups in total. The van der Waals surface area contributed by atoms with Crippen LogP contribution in [0, 0.1) is 5.92 Å². The number of carbonyl (C=O) groups is 1. The average molecular weight is 440 g/mol. The molecule has 0 radical (unpaired) electrons. The van der Waals surface area contributed by atoms with Crippen LogP contribution in [0.25, 0.3) is 0 Å². The van der Waals surface area contributed by atoms with Crippen molar-refractivity contribution in [2.75, 3.05) is 25.0 Å². The lowest BCUT2D eigenvalue weighted by atomic mass is 10.0. The lowest BCUT2D eigenvalue weighted by molar-refractivity contribution is -0.137. The molecule has 162 valence electrons. The first-order valence-electron chi connectivity index (χ1n) is 9.62. The Bertz CT molecular complexity index is 1020. The first-order chi connectivity index (χ1) is 14.1. The van der Waals surface area contributed by atoms with Crippen LogP contribution in [0.2, 0.25) is 0 Å². The smallest absolute Gasteiger partial charge is 0.378 e. The van der Waals surface area contributed by atoms with E-state index in [0.717, 1.165) is 25.0 Å². The molecule has 2 aromatic rings. The third-order valence-corrected chi connectivity index (χ3v) is 6.92. The van der Waals surface area contributed by atoms with Crippen molar-refractivity contribution in [3.05, 3.63) is 59.7 Å². The second-order valence-electron chi connectivity index (χ2n) is 7.49. The maximum atomic E-state index is 12.9. The summed E-state index contributed by atoms with van der Waals surface area (Å²) in [4.78, 5) is 12.6. The summed E-state index contributed by atoms with van der Waals surface area (Å²) in [5.41, 5.74) is -0.478. The Hall–Kier alpha value is -2.39. The van der Waals surface area contributed by atoms with Gasteiger partial charge in [0.05, 0.1) is 17.0 Å². The van der Waals surface area contributed by atoms with E-state index in [0.29, 0.717) is 13.1 Å². The van der Waals surface area contributed by atoms with E-state index in [9.17, 15) is 26.4 Å². The predicted molar refractivity (Wildman–Crippen MR) is 108 cm³/mol. The molecule has 0 spiro atoms. The van der Waals surface area contributed by atoms with Crippen molar-refractivity contribution in [1.29, 1.82) is 0 Å². The molecule has 1 saturated heterocycles. The van der Waals surface area contributed by atoms with Crippen molar-refractivity contribution in [3.8, 4) is 0 Å². The fraction of sp³-hybridized carbons (Fsp3) is 0.381. The molecular weight excluding hydrogens is 417 g/mol. The number of carbonyl (C=O) groups excluding carboxylic acids is 1. The van der Waals surface area contributed by atoms with Crippen LogP contribution in [0.15, 0.2) is 53.4 Å². The molecule has 1 atom stereocenters. The number of Topliss-reactive ketones (excluding diaryl/α,β-unsaturated/α-hetero) is 1. The summed E-state index contributed by atoms with van der Waals surface area (Å²) < 4.78 is 65.7. The minimum atomic E-state index is -4.48. The summed E-state index contributed by atoms with van der Waals surface area (Å²) in [6.07, 6.45) is -2.71. The van der Waals surface area contributed by atoms with Gasteiger partial charge in [0.25, 0.3) is 0 Å². The molecule has 0 aromatic heterocycles. The van der Waals surface area contributed by atoms with Crippen LogP contribution >= 0.6 is 0 Å². The summed E-state index contributed by atoms with van der Waals surface area (Å²) >= 11 is 0. The van der Waals surface area contributed by atoms with E-state index in [1.54, 1.807) is 0 Å². The number of alkyl halides is 3. The third kappa shape index (κ3) is 5.20. The van der Waals surface area contributed by atoms with Crippen molar-refractivity contribution in [1.82, 2.24) is 4.31 Å². The quantitative estimate of drug-likeness (QED) is 0.676. The highest BCUT2D eigenvalue weighted by Crippen LogP contribution is 2.30. The summed E-state index contributed by atoms with van der Waals surface area (Å²) in [7, 11) is -3.70. The number of halogens is 3. The number of benzene rings is 2. The van der Waals surface area contributed by atoms with Crippen molar-refractivity contribution in [2.24, 2.45) is 5.92 Å². The van der Waals surface area contributed by atoms with Gasteiger partial charge in [-0.1, -0.05) is 25.1 Å². The zero-order chi connectivity index (χ0) is 21.9. The largest absolute Gasteiger partial charge is 0.416 e. The van der Waals surface area contributed by atoms with E-state index in [-0.39, 0.29) is 28.6 Å². The van der Waals surface area contributed by atoms with E-state index >= 15 is 0 Å². The number of hydrogen-bond donors (Lipinski definition) is 1. The summed E-state index contributed by atoms with van der Waals surface area (Å²) in [6.45, 7) is 2.63. The van der Waals surface area contributed by atoms with Gasteiger partial charge in [0.15, 0.2) is 5.78 Å². The van der Waals surface area contributed by atoms with Crippen LogP contribution < -0.4 is 5.32 Å². The van der Waals surface area contributed by atoms with Crippen molar-refractivity contribution < 1.29 is 26.4 Å². The highest BCUT2D eigenvalue weighted by Gasteiger charge is 2.31. The van der Waals surface area contributed by atoms with E-state index < -0.39 is 27.5 Å². The monoisotopic (exact) mass is 440 g/mol. The second-order valence-corrected chi connectivity index (χ2v) is 9.43.